The molecular weight excluding hydrogens is 430 g/mol. The molecule has 0 unspecified atom stereocenters. The summed E-state index contributed by atoms with van der Waals surface area (Å²) in [7, 11) is 0. The molecule has 34 heavy (non-hydrogen) atoms. The smallest absolute Gasteiger partial charge is 0.347 e. The molecular formula is C28H31NO5. The maximum absolute atomic E-state index is 12.8. The number of aliphatic carboxylic acids is 1. The highest BCUT2D eigenvalue weighted by molar-refractivity contribution is 5.97. The summed E-state index contributed by atoms with van der Waals surface area (Å²) in [4.78, 5) is 24.1. The van der Waals surface area contributed by atoms with Crippen molar-refractivity contribution < 1.29 is 24.2 Å². The van der Waals surface area contributed by atoms with Gasteiger partial charge in [-0.3, -0.25) is 4.79 Å². The maximum Gasteiger partial charge on any atom is 0.347 e. The third-order valence-corrected chi connectivity index (χ3v) is 5.52. The normalized spacial score (nSPS) is 11.1. The first-order chi connectivity index (χ1) is 16.0. The molecule has 0 aliphatic carbocycles. The van der Waals surface area contributed by atoms with Crippen LogP contribution in [0.2, 0.25) is 0 Å². The monoisotopic (exact) mass is 461 g/mol. The van der Waals surface area contributed by atoms with Gasteiger partial charge in [0.25, 0.3) is 5.91 Å². The largest absolute Gasteiger partial charge is 0.478 e. The number of carbonyl (C=O) groups is 2. The van der Waals surface area contributed by atoms with Crippen LogP contribution in [0.1, 0.15) is 52.0 Å². The fourth-order valence-electron chi connectivity index (χ4n) is 3.78. The summed E-state index contributed by atoms with van der Waals surface area (Å²) in [5, 5.41) is 12.3. The van der Waals surface area contributed by atoms with Crippen LogP contribution in [-0.4, -0.2) is 22.6 Å². The summed E-state index contributed by atoms with van der Waals surface area (Å²) in [5.74, 6) is 0.581. The van der Waals surface area contributed by atoms with Crippen LogP contribution in [0.25, 0.3) is 0 Å². The Labute approximate surface area is 200 Å². The second-order valence-electron chi connectivity index (χ2n) is 9.05. The molecule has 0 saturated heterocycles. The molecule has 1 amide bonds. The highest BCUT2D eigenvalue weighted by atomic mass is 16.5. The van der Waals surface area contributed by atoms with Crippen LogP contribution in [-0.2, 0) is 11.3 Å². The van der Waals surface area contributed by atoms with Crippen molar-refractivity contribution in [2.24, 2.45) is 0 Å². The fraction of sp³-hybridized carbons (Fsp3) is 0.286. The number of rotatable bonds is 8. The third kappa shape index (κ3) is 5.95. The lowest BCUT2D eigenvalue weighted by Crippen LogP contribution is -2.38. The van der Waals surface area contributed by atoms with E-state index in [0.717, 1.165) is 27.8 Å². The first-order valence-electron chi connectivity index (χ1n) is 11.1. The lowest BCUT2D eigenvalue weighted by Gasteiger charge is -2.23. The van der Waals surface area contributed by atoms with Gasteiger partial charge in [-0.25, -0.2) is 4.79 Å². The number of hydrogen-bond donors (Lipinski definition) is 2. The van der Waals surface area contributed by atoms with Gasteiger partial charge in [-0.1, -0.05) is 29.8 Å². The zero-order valence-electron chi connectivity index (χ0n) is 20.5. The van der Waals surface area contributed by atoms with Gasteiger partial charge >= 0.3 is 5.97 Å². The van der Waals surface area contributed by atoms with Crippen molar-refractivity contribution in [1.29, 1.82) is 0 Å². The van der Waals surface area contributed by atoms with E-state index >= 15 is 0 Å². The second-order valence-corrected chi connectivity index (χ2v) is 9.05. The molecule has 0 heterocycles. The molecule has 3 rings (SSSR count). The number of carbonyl (C=O) groups excluding carboxylic acids is 1. The summed E-state index contributed by atoms with van der Waals surface area (Å²) in [5.41, 5.74) is 4.11. The molecule has 0 atom stereocenters. The molecule has 3 aromatic rings. The van der Waals surface area contributed by atoms with Crippen LogP contribution in [0.3, 0.4) is 0 Å². The topological polar surface area (TPSA) is 84.9 Å². The molecule has 0 aromatic heterocycles. The van der Waals surface area contributed by atoms with Crippen molar-refractivity contribution in [2.45, 2.75) is 53.7 Å². The Kier molecular flexibility index (Phi) is 7.30. The van der Waals surface area contributed by atoms with Crippen molar-refractivity contribution >= 4 is 11.9 Å². The molecule has 6 heteroatoms. The Morgan fingerprint density at radius 2 is 1.53 bits per heavy atom. The molecule has 2 N–H and O–H groups in total. The van der Waals surface area contributed by atoms with E-state index in [9.17, 15) is 14.7 Å². The minimum Gasteiger partial charge on any atom is -0.478 e. The van der Waals surface area contributed by atoms with Crippen molar-refractivity contribution in [3.63, 3.8) is 0 Å². The van der Waals surface area contributed by atoms with Crippen LogP contribution >= 0.6 is 0 Å². The van der Waals surface area contributed by atoms with Crippen molar-refractivity contribution in [3.8, 4) is 17.2 Å². The lowest BCUT2D eigenvalue weighted by molar-refractivity contribution is -0.152. The summed E-state index contributed by atoms with van der Waals surface area (Å²) < 4.78 is 11.6. The summed E-state index contributed by atoms with van der Waals surface area (Å²) in [6.45, 7) is 11.1. The quantitative estimate of drug-likeness (QED) is 0.437. The molecule has 0 radical (unpaired) electrons. The minimum absolute atomic E-state index is 0.100. The first kappa shape index (κ1) is 24.8. The lowest BCUT2D eigenvalue weighted by atomic mass is 9.99. The number of carboxylic acid groups (broad SMARTS) is 1. The Balaban J connectivity index is 1.68. The van der Waals surface area contributed by atoms with Crippen LogP contribution < -0.4 is 14.8 Å². The number of carboxylic acids is 1. The third-order valence-electron chi connectivity index (χ3n) is 5.52. The molecule has 0 spiro atoms. The van der Waals surface area contributed by atoms with E-state index in [-0.39, 0.29) is 5.91 Å². The first-order valence-corrected chi connectivity index (χ1v) is 11.1. The van der Waals surface area contributed by atoms with Crippen molar-refractivity contribution in [1.82, 2.24) is 5.32 Å². The number of aryl methyl sites for hydroxylation is 4. The van der Waals surface area contributed by atoms with Crippen molar-refractivity contribution in [3.05, 3.63) is 88.0 Å². The predicted molar refractivity (Wildman–Crippen MR) is 132 cm³/mol. The van der Waals surface area contributed by atoms with Gasteiger partial charge in [-0.15, -0.1) is 0 Å². The molecule has 0 saturated carbocycles. The highest BCUT2D eigenvalue weighted by Gasteiger charge is 2.29. The zero-order valence-corrected chi connectivity index (χ0v) is 20.5. The molecule has 3 aromatic carbocycles. The highest BCUT2D eigenvalue weighted by Crippen LogP contribution is 2.30. The van der Waals surface area contributed by atoms with Crippen LogP contribution in [0.4, 0.5) is 0 Å². The summed E-state index contributed by atoms with van der Waals surface area (Å²) in [6.07, 6.45) is 0. The van der Waals surface area contributed by atoms with E-state index in [1.54, 1.807) is 18.2 Å². The second kappa shape index (κ2) is 10.00. The molecule has 6 nitrogen and oxygen atoms in total. The predicted octanol–water partition coefficient (Wildman–Crippen LogP) is 5.88. The Bertz CT molecular complexity index is 1210. The standard InChI is InChI=1S/C28H31NO5/c1-17-12-19(3)25(20(4)13-17)26(30)29-16-21-8-7-9-22(15-21)33-23-10-11-24(18(2)14-23)34-28(5,6)27(31)32/h7-15H,16H2,1-6H3,(H,29,30)(H,31,32). The molecule has 0 fully saturated rings. The average Bonchev–Trinajstić information content (AvgIpc) is 2.73. The SMILES string of the molecule is Cc1cc(C)c(C(=O)NCc2cccc(Oc3ccc(OC(C)(C)C(=O)O)c(C)c3)c2)c(C)c1. The van der Waals surface area contributed by atoms with Gasteiger partial charge in [0.05, 0.1) is 0 Å². The fourth-order valence-corrected chi connectivity index (χ4v) is 3.78. The number of benzene rings is 3. The van der Waals surface area contributed by atoms with Gasteiger partial charge < -0.3 is 19.9 Å². The van der Waals surface area contributed by atoms with Gasteiger partial charge in [-0.05, 0) is 94.1 Å². The Hall–Kier alpha value is -3.80. The van der Waals surface area contributed by atoms with Gasteiger partial charge in [0.2, 0.25) is 0 Å². The maximum atomic E-state index is 12.8. The van der Waals surface area contributed by atoms with E-state index < -0.39 is 11.6 Å². The van der Waals surface area contributed by atoms with E-state index in [1.807, 2.05) is 64.1 Å². The van der Waals surface area contributed by atoms with Crippen LogP contribution in [0.15, 0.2) is 54.6 Å². The summed E-state index contributed by atoms with van der Waals surface area (Å²) in [6, 6.07) is 16.8. The molecule has 0 aliphatic heterocycles. The van der Waals surface area contributed by atoms with Crippen LogP contribution in [0, 0.1) is 27.7 Å². The number of nitrogens with one attached hydrogen (secondary N) is 1. The van der Waals surface area contributed by atoms with Gasteiger partial charge in [0.15, 0.2) is 5.60 Å². The Morgan fingerprint density at radius 1 is 0.882 bits per heavy atom. The van der Waals surface area contributed by atoms with Gasteiger partial charge in [-0.2, -0.15) is 0 Å². The van der Waals surface area contributed by atoms with E-state index in [4.69, 9.17) is 9.47 Å². The number of ether oxygens (including phenoxy) is 2. The van der Waals surface area contributed by atoms with Gasteiger partial charge in [0.1, 0.15) is 17.2 Å². The number of hydrogen-bond acceptors (Lipinski definition) is 4. The minimum atomic E-state index is -1.33. The van der Waals surface area contributed by atoms with Crippen LogP contribution in [0.5, 0.6) is 17.2 Å². The zero-order chi connectivity index (χ0) is 25.0. The average molecular weight is 462 g/mol. The van der Waals surface area contributed by atoms with E-state index in [1.165, 1.54) is 13.8 Å². The number of amides is 1. The Morgan fingerprint density at radius 3 is 2.15 bits per heavy atom. The van der Waals surface area contributed by atoms with E-state index in [0.29, 0.717) is 29.4 Å². The molecule has 178 valence electrons. The van der Waals surface area contributed by atoms with E-state index in [2.05, 4.69) is 5.32 Å². The van der Waals surface area contributed by atoms with Crippen molar-refractivity contribution in [2.75, 3.05) is 0 Å². The summed E-state index contributed by atoms with van der Waals surface area (Å²) >= 11 is 0. The molecule has 0 bridgehead atoms. The molecule has 0 aliphatic rings. The van der Waals surface area contributed by atoms with Gasteiger partial charge in [0, 0.05) is 12.1 Å².